The number of amidine groups is 9. The quantitative estimate of drug-likeness (QED) is 0.385. The smallest absolute Gasteiger partial charge is 0.213 e. The standard InChI is InChI=1S/3C9H9N7/c3*1-4-10-7-12-5(2)14-9-15-6(3)13-8(11-4)16(7)9/h3*1-3H3. The lowest BCUT2D eigenvalue weighted by Crippen LogP contribution is -2.47. The van der Waals surface area contributed by atoms with E-state index in [4.69, 9.17) is 0 Å². The highest BCUT2D eigenvalue weighted by molar-refractivity contribution is 6.32. The van der Waals surface area contributed by atoms with E-state index in [2.05, 4.69) is 89.9 Å². The molecule has 0 fully saturated rings. The first-order valence-corrected chi connectivity index (χ1v) is 14.6. The molecular formula is C27H27N21. The highest BCUT2D eigenvalue weighted by Gasteiger charge is 2.34. The molecule has 9 aliphatic rings. The van der Waals surface area contributed by atoms with Crippen LogP contribution in [0.15, 0.2) is 89.9 Å². The molecule has 9 rings (SSSR count). The zero-order valence-corrected chi connectivity index (χ0v) is 27.4. The van der Waals surface area contributed by atoms with Crippen LogP contribution in [0.4, 0.5) is 0 Å². The van der Waals surface area contributed by atoms with E-state index in [1.807, 2.05) is 62.3 Å². The van der Waals surface area contributed by atoms with Crippen molar-refractivity contribution in [2.45, 2.75) is 62.3 Å². The summed E-state index contributed by atoms with van der Waals surface area (Å²) in [6, 6.07) is 0. The van der Waals surface area contributed by atoms with Crippen molar-refractivity contribution in [3.05, 3.63) is 0 Å². The molecule has 21 nitrogen and oxygen atoms in total. The van der Waals surface area contributed by atoms with Gasteiger partial charge in [0.05, 0.1) is 0 Å². The van der Waals surface area contributed by atoms with Gasteiger partial charge in [0.15, 0.2) is 0 Å². The fourth-order valence-corrected chi connectivity index (χ4v) is 4.76. The molecule has 240 valence electrons. The molecule has 9 heterocycles. The molecule has 0 N–H and O–H groups in total. The van der Waals surface area contributed by atoms with Crippen molar-refractivity contribution in [1.82, 2.24) is 14.7 Å². The minimum absolute atomic E-state index is 0.532. The zero-order chi connectivity index (χ0) is 33.9. The Labute approximate surface area is 273 Å². The topological polar surface area (TPSA) is 232 Å². The van der Waals surface area contributed by atoms with Gasteiger partial charge in [-0.05, 0) is 62.3 Å². The first-order valence-electron chi connectivity index (χ1n) is 14.6. The van der Waals surface area contributed by atoms with E-state index < -0.39 is 0 Å². The van der Waals surface area contributed by atoms with E-state index >= 15 is 0 Å². The number of hydrogen-bond acceptors (Lipinski definition) is 21. The lowest BCUT2D eigenvalue weighted by molar-refractivity contribution is 0.825. The van der Waals surface area contributed by atoms with Crippen LogP contribution in [0.3, 0.4) is 0 Å². The molecule has 0 saturated carbocycles. The van der Waals surface area contributed by atoms with Gasteiger partial charge in [-0.15, -0.1) is 0 Å². The number of hydrogen-bond donors (Lipinski definition) is 0. The van der Waals surface area contributed by atoms with Gasteiger partial charge in [-0.3, -0.25) is 0 Å². The molecular weight excluding hydrogens is 618 g/mol. The Kier molecular flexibility index (Phi) is 7.13. The first kappa shape index (κ1) is 30.1. The number of rotatable bonds is 0. The predicted molar refractivity (Wildman–Crippen MR) is 190 cm³/mol. The average molecular weight is 646 g/mol. The van der Waals surface area contributed by atoms with Crippen molar-refractivity contribution in [2.24, 2.45) is 89.9 Å². The SMILES string of the molecule is CC1=NC2=NC(C)=NC3=NC(C)=NC(=N1)N23.CC1=NC2=NC(C)=NC3=NC(C)=NC(=N1)N23.CC1=NC2=NC(C)=NC3=NC(C)=NC(=N1)N23. The molecule has 21 heteroatoms. The molecule has 9 aliphatic heterocycles. The second-order valence-electron chi connectivity index (χ2n) is 10.6. The van der Waals surface area contributed by atoms with Crippen LogP contribution in [0.5, 0.6) is 0 Å². The van der Waals surface area contributed by atoms with E-state index in [-0.39, 0.29) is 0 Å². The van der Waals surface area contributed by atoms with Gasteiger partial charge in [0, 0.05) is 0 Å². The number of guanidine groups is 9. The van der Waals surface area contributed by atoms with Crippen LogP contribution < -0.4 is 0 Å². The molecule has 0 unspecified atom stereocenters. The van der Waals surface area contributed by atoms with E-state index in [0.29, 0.717) is 106 Å². The predicted octanol–water partition coefficient (Wildman–Crippen LogP) is 1.96. The third-order valence-corrected chi connectivity index (χ3v) is 6.51. The fourth-order valence-electron chi connectivity index (χ4n) is 4.76. The van der Waals surface area contributed by atoms with Crippen LogP contribution in [0.2, 0.25) is 0 Å². The Morgan fingerprint density at radius 2 is 0.292 bits per heavy atom. The number of aliphatic imine (C=N–C) groups is 18. The Hall–Kier alpha value is -6.54. The second kappa shape index (κ2) is 11.4. The highest BCUT2D eigenvalue weighted by Crippen LogP contribution is 2.19. The molecule has 0 aromatic heterocycles. The van der Waals surface area contributed by atoms with Crippen molar-refractivity contribution in [3.63, 3.8) is 0 Å². The molecule has 0 radical (unpaired) electrons. The Morgan fingerprint density at radius 3 is 0.396 bits per heavy atom. The van der Waals surface area contributed by atoms with Crippen molar-refractivity contribution >= 4 is 106 Å². The average Bonchev–Trinajstić information content (AvgIpc) is 2.95. The maximum absolute atomic E-state index is 4.24. The summed E-state index contributed by atoms with van der Waals surface area (Å²) in [5.74, 6) is 10.5. The summed E-state index contributed by atoms with van der Waals surface area (Å²) in [6.07, 6.45) is 0. The van der Waals surface area contributed by atoms with Crippen molar-refractivity contribution < 1.29 is 0 Å². The van der Waals surface area contributed by atoms with Gasteiger partial charge in [-0.1, -0.05) is 0 Å². The van der Waals surface area contributed by atoms with Gasteiger partial charge in [-0.2, -0.15) is 89.9 Å². The summed E-state index contributed by atoms with van der Waals surface area (Å²) in [5, 5.41) is 0. The summed E-state index contributed by atoms with van der Waals surface area (Å²) in [4.78, 5) is 81.2. The van der Waals surface area contributed by atoms with Crippen LogP contribution in [-0.4, -0.2) is 121 Å². The first-order chi connectivity index (χ1) is 22.9. The van der Waals surface area contributed by atoms with Gasteiger partial charge < -0.3 is 0 Å². The molecule has 0 aromatic rings. The molecule has 0 saturated heterocycles. The molecule has 0 bridgehead atoms. The number of nitrogens with zero attached hydrogens (tertiary/aromatic N) is 21. The van der Waals surface area contributed by atoms with Gasteiger partial charge in [0.2, 0.25) is 53.6 Å². The monoisotopic (exact) mass is 645 g/mol. The van der Waals surface area contributed by atoms with Crippen molar-refractivity contribution in [1.29, 1.82) is 0 Å². The lowest BCUT2D eigenvalue weighted by Gasteiger charge is -2.28. The third kappa shape index (κ3) is 5.67. The van der Waals surface area contributed by atoms with Crippen molar-refractivity contribution in [3.8, 4) is 0 Å². The maximum atomic E-state index is 4.24. The fraction of sp³-hybridized carbons (Fsp3) is 0.333. The normalized spacial score (nSPS) is 22.3. The Bertz CT molecular complexity index is 1680. The summed E-state index contributed by atoms with van der Waals surface area (Å²) < 4.78 is 0. The van der Waals surface area contributed by atoms with Crippen LogP contribution in [-0.2, 0) is 0 Å². The van der Waals surface area contributed by atoms with Crippen molar-refractivity contribution in [2.75, 3.05) is 0 Å². The lowest BCUT2D eigenvalue weighted by atomic mass is 10.4. The van der Waals surface area contributed by atoms with E-state index in [1.54, 1.807) is 14.7 Å². The largest absolute Gasteiger partial charge is 0.243 e. The van der Waals surface area contributed by atoms with Crippen LogP contribution in [0.25, 0.3) is 0 Å². The molecule has 0 atom stereocenters. The highest BCUT2D eigenvalue weighted by atomic mass is 15.5. The van der Waals surface area contributed by atoms with Gasteiger partial charge >= 0.3 is 0 Å². The minimum Gasteiger partial charge on any atom is -0.213 e. The van der Waals surface area contributed by atoms with Crippen LogP contribution in [0, 0.1) is 0 Å². The molecule has 0 aliphatic carbocycles. The van der Waals surface area contributed by atoms with Crippen LogP contribution >= 0.6 is 0 Å². The molecule has 0 aromatic carbocycles. The van der Waals surface area contributed by atoms with E-state index in [1.165, 1.54) is 0 Å². The van der Waals surface area contributed by atoms with Gasteiger partial charge in [0.25, 0.3) is 0 Å². The summed E-state index contributed by atoms with van der Waals surface area (Å²) in [5.41, 5.74) is 0. The summed E-state index contributed by atoms with van der Waals surface area (Å²) >= 11 is 0. The maximum Gasteiger partial charge on any atom is 0.243 e. The van der Waals surface area contributed by atoms with Gasteiger partial charge in [0.1, 0.15) is 52.5 Å². The van der Waals surface area contributed by atoms with E-state index in [0.717, 1.165) is 0 Å². The Balaban J connectivity index is 0.000000114. The zero-order valence-electron chi connectivity index (χ0n) is 27.4. The van der Waals surface area contributed by atoms with E-state index in [9.17, 15) is 0 Å². The Morgan fingerprint density at radius 1 is 0.188 bits per heavy atom. The molecule has 48 heavy (non-hydrogen) atoms. The van der Waals surface area contributed by atoms with Gasteiger partial charge in [-0.25, -0.2) is 14.7 Å². The summed E-state index contributed by atoms with van der Waals surface area (Å²) in [6.45, 7) is 16.3. The molecule has 0 amide bonds. The molecule has 0 spiro atoms. The minimum atomic E-state index is 0.532. The second-order valence-corrected chi connectivity index (χ2v) is 10.6. The third-order valence-electron chi connectivity index (χ3n) is 6.51. The summed E-state index contributed by atoms with van der Waals surface area (Å²) in [7, 11) is 0. The van der Waals surface area contributed by atoms with Crippen LogP contribution in [0.1, 0.15) is 62.3 Å².